The number of benzene rings is 2. The second-order valence-electron chi connectivity index (χ2n) is 13.2. The van der Waals surface area contributed by atoms with Crippen molar-refractivity contribution in [1.82, 2.24) is 9.97 Å². The van der Waals surface area contributed by atoms with E-state index in [1.165, 1.54) is 26.0 Å². The fourth-order valence-electron chi connectivity index (χ4n) is 6.02. The first-order chi connectivity index (χ1) is 19.3. The van der Waals surface area contributed by atoms with E-state index >= 15 is 26.3 Å². The first-order valence-electron chi connectivity index (χ1n) is 13.7. The lowest BCUT2D eigenvalue weighted by Crippen LogP contribution is -2.32. The van der Waals surface area contributed by atoms with Gasteiger partial charge in [0.1, 0.15) is 34.9 Å². The Morgan fingerprint density at radius 1 is 0.405 bits per heavy atom. The van der Waals surface area contributed by atoms with E-state index in [9.17, 15) is 0 Å². The average Bonchev–Trinajstić information content (AvgIpc) is 2.87. The Morgan fingerprint density at radius 2 is 0.762 bits per heavy atom. The molecular weight excluding hydrogens is 550 g/mol. The molecule has 3 heterocycles. The second-order valence-corrected chi connectivity index (χ2v) is 13.2. The van der Waals surface area contributed by atoms with Gasteiger partial charge in [0.25, 0.3) is 0 Å². The lowest BCUT2D eigenvalue weighted by Gasteiger charge is -2.34. The topological polar surface area (TPSA) is 25.8 Å². The van der Waals surface area contributed by atoms with E-state index in [4.69, 9.17) is 4.98 Å². The third-order valence-electron chi connectivity index (χ3n) is 8.95. The van der Waals surface area contributed by atoms with Crippen LogP contribution in [0.15, 0.2) is 48.5 Å². The molecule has 0 atom stereocenters. The number of fused-ring (bicyclic) bond motifs is 8. The van der Waals surface area contributed by atoms with Gasteiger partial charge in [-0.15, -0.1) is 0 Å². The normalized spacial score (nSPS) is 18.0. The molecule has 220 valence electrons. The Morgan fingerprint density at radius 3 is 1.24 bits per heavy atom. The fraction of sp³-hybridized carbons (Fsp3) is 0.353. The summed E-state index contributed by atoms with van der Waals surface area (Å²) in [7, 11) is 0. The van der Waals surface area contributed by atoms with Gasteiger partial charge in [-0.25, -0.2) is 31.3 Å². The van der Waals surface area contributed by atoms with Crippen LogP contribution in [0.3, 0.4) is 0 Å². The van der Waals surface area contributed by atoms with Crippen molar-refractivity contribution in [2.45, 2.75) is 77.0 Å². The molecule has 4 aromatic rings. The summed E-state index contributed by atoms with van der Waals surface area (Å²) in [5.41, 5.74) is -5.00. The number of aromatic nitrogens is 2. The van der Waals surface area contributed by atoms with E-state index < -0.39 is 56.6 Å². The summed E-state index contributed by atoms with van der Waals surface area (Å²) in [5, 5.41) is 0. The zero-order valence-corrected chi connectivity index (χ0v) is 24.8. The van der Waals surface area contributed by atoms with Crippen LogP contribution >= 0.6 is 0 Å². The maximum atomic E-state index is 15.5. The number of nitrogens with zero attached hydrogens (tertiary/aromatic N) is 2. The van der Waals surface area contributed by atoms with Crippen LogP contribution in [-0.4, -0.2) is 9.97 Å². The molecule has 0 spiro atoms. The highest BCUT2D eigenvalue weighted by molar-refractivity contribution is 5.49. The SMILES string of the molecule is CC1(C)c2cccc(n2)C(C)(C)c2nc(c(F)cc2F)C(C)(C)c2cc(c(F)cc2F)C(C)(C)c2cc1c(F)cc2F. The molecule has 8 bridgehead atoms. The molecule has 42 heavy (non-hydrogen) atoms. The van der Waals surface area contributed by atoms with Gasteiger partial charge in [0, 0.05) is 40.0 Å². The molecule has 2 aromatic heterocycles. The summed E-state index contributed by atoms with van der Waals surface area (Å²) < 4.78 is 93.0. The summed E-state index contributed by atoms with van der Waals surface area (Å²) in [5.74, 6) is -5.56. The molecule has 0 N–H and O–H groups in total. The smallest absolute Gasteiger partial charge is 0.148 e. The molecule has 8 heteroatoms. The predicted molar refractivity (Wildman–Crippen MR) is 150 cm³/mol. The number of pyridine rings is 2. The Bertz CT molecular complexity index is 1630. The quantitative estimate of drug-likeness (QED) is 0.194. The zero-order valence-electron chi connectivity index (χ0n) is 24.8. The molecule has 0 radical (unpaired) electrons. The van der Waals surface area contributed by atoms with Gasteiger partial charge >= 0.3 is 0 Å². The van der Waals surface area contributed by atoms with Crippen molar-refractivity contribution >= 4 is 0 Å². The van der Waals surface area contributed by atoms with E-state index in [0.29, 0.717) is 23.5 Å². The molecule has 0 amide bonds. The van der Waals surface area contributed by atoms with Gasteiger partial charge in [-0.3, -0.25) is 4.98 Å². The van der Waals surface area contributed by atoms with E-state index in [2.05, 4.69) is 4.98 Å². The van der Waals surface area contributed by atoms with Crippen molar-refractivity contribution in [2.75, 3.05) is 0 Å². The lowest BCUT2D eigenvalue weighted by molar-refractivity contribution is 0.450. The second kappa shape index (κ2) is 9.41. The van der Waals surface area contributed by atoms with Gasteiger partial charge in [-0.2, -0.15) is 0 Å². The van der Waals surface area contributed by atoms with E-state index in [0.717, 1.165) is 6.07 Å². The molecule has 1 aliphatic rings. The van der Waals surface area contributed by atoms with Crippen LogP contribution in [0.25, 0.3) is 0 Å². The molecule has 0 unspecified atom stereocenters. The van der Waals surface area contributed by atoms with Crippen LogP contribution in [0, 0.1) is 34.9 Å². The molecule has 0 saturated carbocycles. The third kappa shape index (κ3) is 4.33. The van der Waals surface area contributed by atoms with Gasteiger partial charge in [0.05, 0.1) is 28.2 Å². The highest BCUT2D eigenvalue weighted by Crippen LogP contribution is 2.44. The highest BCUT2D eigenvalue weighted by Gasteiger charge is 2.40. The first-order valence-corrected chi connectivity index (χ1v) is 13.7. The minimum Gasteiger partial charge on any atom is -0.256 e. The van der Waals surface area contributed by atoms with Gasteiger partial charge in [0.15, 0.2) is 0 Å². The number of rotatable bonds is 0. The molecule has 1 aliphatic heterocycles. The summed E-state index contributed by atoms with van der Waals surface area (Å²) in [6.07, 6.45) is 0. The van der Waals surface area contributed by atoms with Crippen molar-refractivity contribution in [2.24, 2.45) is 0 Å². The van der Waals surface area contributed by atoms with E-state index in [-0.39, 0.29) is 33.6 Å². The number of hydrogen-bond acceptors (Lipinski definition) is 2. The minimum absolute atomic E-state index is 0.0156. The Hall–Kier alpha value is -3.68. The van der Waals surface area contributed by atoms with Crippen LogP contribution in [0.1, 0.15) is 100 Å². The Kier molecular flexibility index (Phi) is 6.68. The average molecular weight is 583 g/mol. The number of hydrogen-bond donors (Lipinski definition) is 0. The van der Waals surface area contributed by atoms with E-state index in [1.807, 2.05) is 0 Å². The molecule has 0 aliphatic carbocycles. The van der Waals surface area contributed by atoms with Gasteiger partial charge in [-0.05, 0) is 68.7 Å². The fourth-order valence-corrected chi connectivity index (χ4v) is 6.02. The minimum atomic E-state index is -1.52. The predicted octanol–water partition coefficient (Wildman–Crippen LogP) is 8.93. The monoisotopic (exact) mass is 582 g/mol. The van der Waals surface area contributed by atoms with Crippen LogP contribution in [0.5, 0.6) is 0 Å². The van der Waals surface area contributed by atoms with Crippen molar-refractivity contribution < 1.29 is 26.3 Å². The maximum Gasteiger partial charge on any atom is 0.148 e. The van der Waals surface area contributed by atoms with Crippen LogP contribution in [0.2, 0.25) is 0 Å². The van der Waals surface area contributed by atoms with Crippen molar-refractivity contribution in [3.63, 3.8) is 0 Å². The zero-order chi connectivity index (χ0) is 31.2. The van der Waals surface area contributed by atoms with Crippen LogP contribution in [-0.2, 0) is 21.7 Å². The maximum absolute atomic E-state index is 15.5. The summed E-state index contributed by atoms with van der Waals surface area (Å²) >= 11 is 0. The summed E-state index contributed by atoms with van der Waals surface area (Å²) in [6.45, 7) is 12.9. The molecule has 0 fully saturated rings. The van der Waals surface area contributed by atoms with Gasteiger partial charge < -0.3 is 0 Å². The third-order valence-corrected chi connectivity index (χ3v) is 8.95. The highest BCUT2D eigenvalue weighted by atomic mass is 19.2. The molecule has 5 rings (SSSR count). The molecule has 0 saturated heterocycles. The van der Waals surface area contributed by atoms with Gasteiger partial charge in [0.2, 0.25) is 0 Å². The van der Waals surface area contributed by atoms with Crippen molar-refractivity contribution in [3.8, 4) is 0 Å². The summed E-state index contributed by atoms with van der Waals surface area (Å²) in [4.78, 5) is 9.21. The largest absolute Gasteiger partial charge is 0.256 e. The van der Waals surface area contributed by atoms with Crippen LogP contribution in [0.4, 0.5) is 26.3 Å². The van der Waals surface area contributed by atoms with E-state index in [1.54, 1.807) is 59.7 Å². The Balaban J connectivity index is 1.97. The molecular formula is C34H32F6N2. The first kappa shape index (κ1) is 29.8. The molecule has 2 aromatic carbocycles. The van der Waals surface area contributed by atoms with Gasteiger partial charge in [-0.1, -0.05) is 33.8 Å². The standard InChI is InChI=1S/C34H32F6N2/c1-31(2)17-12-19(23(37)14-21(17)35)32(3,4)27-10-9-11-28(41-27)34(7,8)30-26(40)16-25(39)29(42-30)33(5,6)20-13-18(31)22(36)15-24(20)38/h9-16H,1-8H3. The van der Waals surface area contributed by atoms with Crippen molar-refractivity contribution in [1.29, 1.82) is 0 Å². The van der Waals surface area contributed by atoms with Crippen LogP contribution < -0.4 is 0 Å². The number of halogens is 6. The van der Waals surface area contributed by atoms with Crippen molar-refractivity contribution in [3.05, 3.63) is 128 Å². The summed E-state index contributed by atoms with van der Waals surface area (Å²) in [6, 6.07) is 9.76. The molecule has 2 nitrogen and oxygen atoms in total. The lowest BCUT2D eigenvalue weighted by atomic mass is 9.71. The Labute approximate surface area is 241 Å².